The lowest BCUT2D eigenvalue weighted by molar-refractivity contribution is -0.400. The predicted molar refractivity (Wildman–Crippen MR) is 392 cm³/mol. The van der Waals surface area contributed by atoms with Crippen LogP contribution in [0, 0.1) is 0 Å². The number of hydrogen-bond donors (Lipinski definition) is 33. The van der Waals surface area contributed by atoms with Gasteiger partial charge in [0.05, 0.1) is 77.7 Å². The first kappa shape index (κ1) is 106. The molecule has 740 valence electrons. The van der Waals surface area contributed by atoms with Crippen molar-refractivity contribution in [3.63, 3.8) is 0 Å². The predicted octanol–water partition coefficient (Wildman–Crippen LogP) is -22.0. The minimum atomic E-state index is -3.32. The highest BCUT2D eigenvalue weighted by atomic mass is 16.8. The van der Waals surface area contributed by atoms with Crippen LogP contribution >= 0.6 is 0 Å². The van der Waals surface area contributed by atoms with Gasteiger partial charge in [0.15, 0.2) is 56.6 Å². The number of ether oxygens (including phenoxy) is 19. The Balaban J connectivity index is 0.956. The summed E-state index contributed by atoms with van der Waals surface area (Å²) in [5.74, 6) is -9.30. The van der Waals surface area contributed by atoms with E-state index in [1.54, 1.807) is 0 Å². The number of nitrogens with one attached hydrogen (secondary N) is 4. The lowest BCUT2D eigenvalue weighted by atomic mass is 9.88. The van der Waals surface area contributed by atoms with E-state index >= 15 is 0 Å². The Kier molecular flexibility index (Phi) is 37.4. The van der Waals surface area contributed by atoms with Gasteiger partial charge in [-0.25, -0.2) is 4.79 Å². The summed E-state index contributed by atoms with van der Waals surface area (Å²) in [6.45, 7) is -5.48. The number of aliphatic carboxylic acids is 1. The Morgan fingerprint density at radius 2 is 0.680 bits per heavy atom. The lowest BCUT2D eigenvalue weighted by Crippen LogP contribution is -2.71. The summed E-state index contributed by atoms with van der Waals surface area (Å²) >= 11 is 0. The highest BCUT2D eigenvalue weighted by Gasteiger charge is 2.64. The third-order valence-corrected chi connectivity index (χ3v) is 23.4. The van der Waals surface area contributed by atoms with Crippen molar-refractivity contribution in [2.75, 3.05) is 59.5 Å². The fourth-order valence-corrected chi connectivity index (χ4v) is 16.5. The topological polar surface area (TPSA) is 896 Å². The number of aliphatic hydroxyl groups is 28. The average molecular weight is 1880 g/mol. The highest BCUT2D eigenvalue weighted by molar-refractivity contribution is 5.77. The average Bonchev–Trinajstić information content (AvgIpc) is 0.752. The van der Waals surface area contributed by atoms with Crippen molar-refractivity contribution >= 4 is 29.6 Å². The Labute approximate surface area is 723 Å². The van der Waals surface area contributed by atoms with E-state index in [-0.39, 0.29) is 0 Å². The van der Waals surface area contributed by atoms with Crippen LogP contribution in [-0.4, -0.2) is 550 Å². The molecule has 10 aliphatic rings. The SMILES string of the molecule is CC(=O)N[C@@H]1[C@@H](O)[C@H](O[C@@H]2O[C@H](CO)[C@@H](O[C@@H]3O[C@H](CO[C@H]4O[C@H](CO)[C@@H](O)[C@H](O[C@H]5O[C@H](CO)[C@@H](O)[C@H](O)[C@@H]5O)[C@@H]4O)[C@@H](O)[C@H](O[C@H]4O[C@H](CO)[C@@H](O)[C@H](O)[C@@H]4O[C@@H]4O[C@H](CO)[C@@H](O[C@@H]5O[C@H](CO)[C@H](O)[C@H](O[C@]6(C(=O)O)C[C@H](O)[C@@H](NC(C)=O)[C@H]([C@H](O)[C@H](O)CO)O6)[C@H]5O)[C@H](O)[C@H]4NC(C)=O)[C@@H]3O)[C@H](O)[C@H]2NC(C)=O)[C@@H](CO[C@@H]2O[C@H](C)[C@H](O)[C@H](O)[C@H]2O)O[C@H]1O. The van der Waals surface area contributed by atoms with Gasteiger partial charge in [-0.2, -0.15) is 0 Å². The van der Waals surface area contributed by atoms with E-state index in [1.807, 2.05) is 0 Å². The largest absolute Gasteiger partial charge is 0.477 e. The number of carbonyl (C=O) groups is 5. The van der Waals surface area contributed by atoms with E-state index in [2.05, 4.69) is 21.3 Å². The fraction of sp³-hybridized carbons (Fsp3) is 0.930. The van der Waals surface area contributed by atoms with Gasteiger partial charge >= 0.3 is 5.97 Å². The van der Waals surface area contributed by atoms with E-state index in [9.17, 15) is 172 Å². The summed E-state index contributed by atoms with van der Waals surface area (Å²) in [5.41, 5.74) is 0. The standard InChI is InChI=1S/C71H118N4O53/c1-16-35(89)45(99)48(102)64(112-16)111-15-30-55(42(96)32(61(107)113-30)73-18(3)84)121-62-33(74-19(4)85)43(97)53(27(12-81)118-62)122-67-51(105)58(41(95)29(120-67)14-110-65-50(104)57(39(93)25(10-79)114-65)124-66-49(103)46(100)37(91)23(8-77)115-66)125-69-60(47(101)38(92)24(9-78)117-69)126-63-34(75-20(5)86)44(98)54(28(13-82)119-63)123-68-52(106)59(40(94)26(11-80)116-68)128-71(70(108)109)6-21(87)31(72-17(2)83)56(127-71)36(90)22(88)7-76/h16,21-69,76-82,87-107H,6-15H2,1-5H3,(H,72,83)(H,73,84)(H,74,85)(H,75,86)(H,108,109)/t16-,21+,22-,23-,24-,25-,26-,27-,28-,29-,30-,31-,32-,33-,34-,35+,36-,37-,38-,39-,40+,41-,42-,43-,44-,45+,46+,47+,48-,49+,50+,51+,52-,53-,54-,55-,56-,57+,58+,59+,60+,61-,62+,63+,64-,65+,66-,67+,68+,69-,71+/m1/s1. The zero-order chi connectivity index (χ0) is 94.6. The van der Waals surface area contributed by atoms with Gasteiger partial charge in [-0.3, -0.25) is 19.2 Å². The van der Waals surface area contributed by atoms with Gasteiger partial charge in [-0.1, -0.05) is 0 Å². The molecule has 0 radical (unpaired) electrons. The van der Waals surface area contributed by atoms with Gasteiger partial charge < -0.3 is 259 Å². The van der Waals surface area contributed by atoms with Crippen LogP contribution in [0.4, 0.5) is 0 Å². The molecule has 0 aromatic carbocycles. The molecule has 4 amide bonds. The van der Waals surface area contributed by atoms with E-state index in [0.717, 1.165) is 27.7 Å². The second-order valence-corrected chi connectivity index (χ2v) is 32.4. The van der Waals surface area contributed by atoms with Crippen molar-refractivity contribution in [1.82, 2.24) is 21.3 Å². The van der Waals surface area contributed by atoms with Gasteiger partial charge in [0.1, 0.15) is 232 Å². The minimum Gasteiger partial charge on any atom is -0.477 e. The Morgan fingerprint density at radius 1 is 0.336 bits per heavy atom. The number of amides is 4. The normalized spacial score (nSPS) is 48.4. The van der Waals surface area contributed by atoms with Gasteiger partial charge in [-0.15, -0.1) is 0 Å². The number of carbonyl (C=O) groups excluding carboxylic acids is 4. The number of hydrogen-bond acceptors (Lipinski definition) is 52. The van der Waals surface area contributed by atoms with Crippen LogP contribution in [0.3, 0.4) is 0 Å². The van der Waals surface area contributed by atoms with Crippen molar-refractivity contribution in [2.45, 2.75) is 353 Å². The summed E-state index contributed by atoms with van der Waals surface area (Å²) in [6.07, 6.45) is -100. The molecule has 128 heavy (non-hydrogen) atoms. The fourth-order valence-electron chi connectivity index (χ4n) is 16.5. The smallest absolute Gasteiger partial charge is 0.364 e. The maximum atomic E-state index is 13.3. The number of aliphatic hydroxyl groups excluding tert-OH is 28. The van der Waals surface area contributed by atoms with Crippen LogP contribution in [0.15, 0.2) is 0 Å². The Hall–Kier alpha value is -4.53. The first-order valence-electron chi connectivity index (χ1n) is 40.6. The molecule has 10 fully saturated rings. The van der Waals surface area contributed by atoms with Crippen LogP contribution in [0.5, 0.6) is 0 Å². The molecule has 0 unspecified atom stereocenters. The molecule has 10 aliphatic heterocycles. The van der Waals surface area contributed by atoms with Crippen molar-refractivity contribution in [1.29, 1.82) is 0 Å². The molecule has 10 saturated heterocycles. The molecular formula is C71H118N4O53. The van der Waals surface area contributed by atoms with E-state index < -0.39 is 408 Å². The van der Waals surface area contributed by atoms with Crippen LogP contribution < -0.4 is 21.3 Å². The molecule has 0 aliphatic carbocycles. The Morgan fingerprint density at radius 3 is 1.17 bits per heavy atom. The summed E-state index contributed by atoms with van der Waals surface area (Å²) in [4.78, 5) is 64.5. The lowest BCUT2D eigenvalue weighted by Gasteiger charge is -2.51. The first-order chi connectivity index (χ1) is 60.3. The maximum absolute atomic E-state index is 13.3. The van der Waals surface area contributed by atoms with Crippen LogP contribution in [-0.2, 0) is 114 Å². The van der Waals surface area contributed by atoms with Gasteiger partial charge in [-0.05, 0) is 6.92 Å². The molecule has 57 heteroatoms. The summed E-state index contributed by atoms with van der Waals surface area (Å²) in [6, 6.07) is -7.70. The zero-order valence-electron chi connectivity index (χ0n) is 68.7. The second-order valence-electron chi connectivity index (χ2n) is 32.4. The molecule has 10 rings (SSSR count). The van der Waals surface area contributed by atoms with Crippen LogP contribution in [0.2, 0.25) is 0 Å². The molecule has 0 spiro atoms. The van der Waals surface area contributed by atoms with Crippen LogP contribution in [0.25, 0.3) is 0 Å². The molecule has 0 aromatic rings. The van der Waals surface area contributed by atoms with E-state index in [0.29, 0.717) is 0 Å². The monoisotopic (exact) mass is 1870 g/mol. The van der Waals surface area contributed by atoms with Crippen molar-refractivity contribution in [3.05, 3.63) is 0 Å². The maximum Gasteiger partial charge on any atom is 0.364 e. The van der Waals surface area contributed by atoms with Crippen molar-refractivity contribution < 1.29 is 262 Å². The number of rotatable bonds is 34. The number of carboxylic acids is 1. The Bertz CT molecular complexity index is 3530. The summed E-state index contributed by atoms with van der Waals surface area (Å²) < 4.78 is 112. The first-order valence-corrected chi connectivity index (χ1v) is 40.6. The van der Waals surface area contributed by atoms with Crippen molar-refractivity contribution in [3.8, 4) is 0 Å². The molecule has 33 N–H and O–H groups in total. The highest BCUT2D eigenvalue weighted by Crippen LogP contribution is 2.43. The number of carboxylic acid groups (broad SMARTS) is 1. The molecular weight excluding hydrogens is 1760 g/mol. The van der Waals surface area contributed by atoms with E-state index in [1.165, 1.54) is 6.92 Å². The summed E-state index contributed by atoms with van der Waals surface area (Å²) in [5, 5.41) is 333. The minimum absolute atomic E-state index is 0.853. The summed E-state index contributed by atoms with van der Waals surface area (Å²) in [7, 11) is 0. The van der Waals surface area contributed by atoms with Crippen LogP contribution in [0.1, 0.15) is 41.0 Å². The molecule has 0 bridgehead atoms. The molecule has 0 saturated carbocycles. The molecule has 57 nitrogen and oxygen atoms in total. The third-order valence-electron chi connectivity index (χ3n) is 23.4. The van der Waals surface area contributed by atoms with E-state index in [4.69, 9.17) is 90.0 Å². The van der Waals surface area contributed by atoms with Gasteiger partial charge in [0.25, 0.3) is 5.79 Å². The second kappa shape index (κ2) is 45.4. The third kappa shape index (κ3) is 23.1. The van der Waals surface area contributed by atoms with Crippen molar-refractivity contribution in [2.24, 2.45) is 0 Å². The molecule has 0 aromatic heterocycles. The molecule has 51 atom stereocenters. The van der Waals surface area contributed by atoms with Gasteiger partial charge in [0.2, 0.25) is 23.6 Å². The van der Waals surface area contributed by atoms with Gasteiger partial charge in [0, 0.05) is 34.1 Å². The zero-order valence-corrected chi connectivity index (χ0v) is 68.7. The quantitative estimate of drug-likeness (QED) is 0.0284. The molecule has 10 heterocycles.